The summed E-state index contributed by atoms with van der Waals surface area (Å²) in [4.78, 5) is 37.8. The van der Waals surface area contributed by atoms with E-state index in [-0.39, 0.29) is 35.4 Å². The van der Waals surface area contributed by atoms with Gasteiger partial charge in [-0.25, -0.2) is 13.9 Å². The number of rotatable bonds is 12. The number of anilines is 1. The average Bonchev–Trinajstić information content (AvgIpc) is 3.54. The highest BCUT2D eigenvalue weighted by Crippen LogP contribution is 2.50. The second-order valence-corrected chi connectivity index (χ2v) is 12.6. The summed E-state index contributed by atoms with van der Waals surface area (Å²) in [5.74, 6) is -0.937. The largest absolute Gasteiger partial charge is 0.464 e. The fourth-order valence-electron chi connectivity index (χ4n) is 4.73. The number of alkyl halides is 1. The molecule has 2 aromatic carbocycles. The molecule has 244 valence electrons. The molecule has 19 heteroatoms. The number of esters is 1. The lowest BCUT2D eigenvalue weighted by molar-refractivity contribution is -0.146. The molecule has 2 aromatic heterocycles. The summed E-state index contributed by atoms with van der Waals surface area (Å²) in [5.41, 5.74) is 11.4. The Balaban J connectivity index is 1.47. The van der Waals surface area contributed by atoms with Crippen molar-refractivity contribution in [2.75, 3.05) is 18.9 Å². The van der Waals surface area contributed by atoms with E-state index in [1.54, 1.807) is 36.4 Å². The Morgan fingerprint density at radius 2 is 2.07 bits per heavy atom. The number of nitrogens with zero attached hydrogens (tertiary/aromatic N) is 6. The summed E-state index contributed by atoms with van der Waals surface area (Å²) in [6.45, 7) is 4.11. The molecule has 5 N–H and O–H groups in total. The molecular weight excluding hydrogens is 628 g/mol. The van der Waals surface area contributed by atoms with Crippen molar-refractivity contribution in [2.45, 2.75) is 51.0 Å². The number of H-pyrrole nitrogens is 1. The summed E-state index contributed by atoms with van der Waals surface area (Å²) in [5, 5.41) is 18.3. The molecule has 0 saturated carbocycles. The molecule has 1 aliphatic rings. The Labute approximate surface area is 260 Å². The predicted molar refractivity (Wildman–Crippen MR) is 162 cm³/mol. The molecule has 1 unspecified atom stereocenters. The van der Waals surface area contributed by atoms with Crippen molar-refractivity contribution < 1.29 is 37.4 Å². The molecule has 1 aliphatic heterocycles. The van der Waals surface area contributed by atoms with Crippen LogP contribution >= 0.6 is 7.75 Å². The number of nitrogens with two attached hydrogens (primary N) is 1. The molecule has 1 fully saturated rings. The fraction of sp³-hybridized carbons (Fsp3) is 0.407. The number of imidazole rings is 1. The SMILES string of the molecule is CC(C)COC(=O)[C@H](C)NP(=O)(OC[C@@]1(N=[N+]=[N-])O[C@@H](n2cnc3c(=O)[nH]c(N)nc32)[C@H](F)[C@@H]1O)Oc1cccc2ccccc12. The number of aromatic nitrogens is 4. The number of nitrogens with one attached hydrogen (secondary N) is 2. The zero-order valence-corrected chi connectivity index (χ0v) is 25.7. The van der Waals surface area contributed by atoms with Gasteiger partial charge in [-0.15, -0.1) is 0 Å². The molecule has 0 bridgehead atoms. The van der Waals surface area contributed by atoms with Gasteiger partial charge in [0.05, 0.1) is 19.5 Å². The van der Waals surface area contributed by atoms with E-state index in [1.165, 1.54) is 13.0 Å². The highest BCUT2D eigenvalue weighted by atomic mass is 31.2. The number of ether oxygens (including phenoxy) is 2. The van der Waals surface area contributed by atoms with Crippen LogP contribution in [-0.2, 0) is 23.4 Å². The Hall–Kier alpha value is -4.57. The van der Waals surface area contributed by atoms with Crippen molar-refractivity contribution in [3.8, 4) is 5.75 Å². The average molecular weight is 660 g/mol. The number of azide groups is 1. The molecule has 5 rings (SSSR count). The van der Waals surface area contributed by atoms with Crippen LogP contribution in [0.3, 0.4) is 0 Å². The van der Waals surface area contributed by atoms with Crippen LogP contribution in [0.2, 0.25) is 0 Å². The van der Waals surface area contributed by atoms with Crippen molar-refractivity contribution in [1.29, 1.82) is 0 Å². The van der Waals surface area contributed by atoms with Crippen molar-refractivity contribution in [1.82, 2.24) is 24.6 Å². The van der Waals surface area contributed by atoms with Gasteiger partial charge in [0, 0.05) is 10.3 Å². The Morgan fingerprint density at radius 3 is 2.80 bits per heavy atom. The first-order valence-corrected chi connectivity index (χ1v) is 15.6. The molecule has 0 spiro atoms. The van der Waals surface area contributed by atoms with E-state index in [0.29, 0.717) is 5.39 Å². The molecule has 46 heavy (non-hydrogen) atoms. The van der Waals surface area contributed by atoms with Crippen molar-refractivity contribution in [3.05, 3.63) is 69.6 Å². The maximum Gasteiger partial charge on any atom is 0.459 e. The van der Waals surface area contributed by atoms with Gasteiger partial charge in [0.2, 0.25) is 11.7 Å². The van der Waals surface area contributed by atoms with Crippen LogP contribution in [0.15, 0.2) is 58.7 Å². The number of aromatic amines is 1. The smallest absolute Gasteiger partial charge is 0.459 e. The van der Waals surface area contributed by atoms with E-state index in [4.69, 9.17) is 24.3 Å². The standard InChI is InChI=1S/C27H31FN9O8P/c1-14(2)11-42-25(40)15(3)34-46(41,45-18-10-6-8-16-7-4-5-9-17(16)18)43-12-27(35-36-30)21(38)19(28)24(44-27)37-13-31-20-22(37)32-26(29)33-23(20)39/h4-10,13-15,19,21,24,38H,11-12H2,1-3H3,(H,34,41)(H3,29,32,33,39)/t15-,19+,21-,24+,27+,46?/m0/s1. The van der Waals surface area contributed by atoms with Gasteiger partial charge in [0.1, 0.15) is 17.9 Å². The van der Waals surface area contributed by atoms with Gasteiger partial charge in [0.15, 0.2) is 23.6 Å². The molecule has 0 amide bonds. The third kappa shape index (κ3) is 6.53. The number of nitrogen functional groups attached to an aromatic ring is 1. The summed E-state index contributed by atoms with van der Waals surface area (Å²) in [7, 11) is -4.64. The quantitative estimate of drug-likeness (QED) is 0.0562. The number of hydrogen-bond donors (Lipinski definition) is 4. The number of benzene rings is 2. The van der Waals surface area contributed by atoms with Crippen molar-refractivity contribution in [3.63, 3.8) is 0 Å². The maximum absolute atomic E-state index is 15.7. The van der Waals surface area contributed by atoms with E-state index in [9.17, 15) is 24.8 Å². The topological polar surface area (TPSA) is 242 Å². The Bertz CT molecular complexity index is 1910. The zero-order chi connectivity index (χ0) is 33.2. The maximum atomic E-state index is 15.7. The molecule has 4 aromatic rings. The summed E-state index contributed by atoms with van der Waals surface area (Å²) in [6.07, 6.45) is -5.21. The molecular formula is C27H31FN9O8P. The minimum absolute atomic E-state index is 0.0232. The first-order chi connectivity index (χ1) is 21.9. The van der Waals surface area contributed by atoms with Gasteiger partial charge < -0.3 is 24.8 Å². The molecule has 1 saturated heterocycles. The number of aliphatic hydroxyl groups is 1. The molecule has 3 heterocycles. The van der Waals surface area contributed by atoms with Crippen LogP contribution in [0.1, 0.15) is 27.0 Å². The highest BCUT2D eigenvalue weighted by molar-refractivity contribution is 7.52. The Kier molecular flexibility index (Phi) is 9.30. The summed E-state index contributed by atoms with van der Waals surface area (Å²) < 4.78 is 53.5. The van der Waals surface area contributed by atoms with Crippen LogP contribution in [0, 0.1) is 5.92 Å². The first-order valence-electron chi connectivity index (χ1n) is 14.0. The van der Waals surface area contributed by atoms with Gasteiger partial charge in [-0.05, 0) is 29.8 Å². The van der Waals surface area contributed by atoms with Crippen molar-refractivity contribution >= 4 is 41.6 Å². The lowest BCUT2D eigenvalue weighted by atomic mass is 10.1. The lowest BCUT2D eigenvalue weighted by Crippen LogP contribution is -2.45. The van der Waals surface area contributed by atoms with Gasteiger partial charge in [-0.1, -0.05) is 55.4 Å². The number of carbonyl (C=O) groups excluding carboxylic acids is 1. The van der Waals surface area contributed by atoms with Crippen LogP contribution < -0.4 is 20.9 Å². The van der Waals surface area contributed by atoms with Crippen LogP contribution in [0.5, 0.6) is 5.75 Å². The van der Waals surface area contributed by atoms with Crippen LogP contribution in [0.25, 0.3) is 32.4 Å². The van der Waals surface area contributed by atoms with E-state index in [1.807, 2.05) is 13.8 Å². The minimum atomic E-state index is -4.64. The van der Waals surface area contributed by atoms with Crippen molar-refractivity contribution in [2.24, 2.45) is 11.0 Å². The monoisotopic (exact) mass is 659 g/mol. The number of hydrogen-bond acceptors (Lipinski definition) is 12. The second-order valence-electron chi connectivity index (χ2n) is 10.9. The number of aliphatic hydroxyl groups excluding tert-OH is 1. The highest BCUT2D eigenvalue weighted by Gasteiger charge is 2.57. The Morgan fingerprint density at radius 1 is 1.33 bits per heavy atom. The third-order valence-electron chi connectivity index (χ3n) is 6.97. The first kappa shape index (κ1) is 32.8. The third-order valence-corrected chi connectivity index (χ3v) is 8.58. The van der Waals surface area contributed by atoms with E-state index in [0.717, 1.165) is 16.3 Å². The summed E-state index contributed by atoms with van der Waals surface area (Å²) >= 11 is 0. The normalized spacial score (nSPS) is 23.2. The molecule has 0 aliphatic carbocycles. The summed E-state index contributed by atoms with van der Waals surface area (Å²) in [6, 6.07) is 10.8. The van der Waals surface area contributed by atoms with Gasteiger partial charge in [-0.3, -0.25) is 23.7 Å². The predicted octanol–water partition coefficient (Wildman–Crippen LogP) is 3.47. The van der Waals surface area contributed by atoms with Gasteiger partial charge in [-0.2, -0.15) is 10.1 Å². The zero-order valence-electron chi connectivity index (χ0n) is 24.8. The molecule has 17 nitrogen and oxygen atoms in total. The number of fused-ring (bicyclic) bond motifs is 2. The van der Waals surface area contributed by atoms with Crippen LogP contribution in [-0.4, -0.2) is 67.9 Å². The van der Waals surface area contributed by atoms with E-state index in [2.05, 4.69) is 30.1 Å². The molecule has 6 atom stereocenters. The van der Waals surface area contributed by atoms with E-state index < -0.39 is 56.2 Å². The lowest BCUT2D eigenvalue weighted by Gasteiger charge is -2.29. The minimum Gasteiger partial charge on any atom is -0.464 e. The van der Waals surface area contributed by atoms with E-state index >= 15 is 4.39 Å². The molecule has 0 radical (unpaired) electrons. The van der Waals surface area contributed by atoms with Gasteiger partial charge in [0.25, 0.3) is 5.56 Å². The van der Waals surface area contributed by atoms with Gasteiger partial charge >= 0.3 is 13.7 Å². The fourth-order valence-corrected chi connectivity index (χ4v) is 6.26. The number of carbonyl (C=O) groups is 1. The second kappa shape index (κ2) is 13.0. The van der Waals surface area contributed by atoms with Crippen LogP contribution in [0.4, 0.5) is 10.3 Å². The number of halogens is 1.